The maximum Gasteiger partial charge on any atom is 0.00693 e. The van der Waals surface area contributed by atoms with E-state index in [2.05, 4.69) is 26.2 Å². The number of nitrogens with one attached hydrogen (secondary N) is 1. The molecular formula is C14H25N. The van der Waals surface area contributed by atoms with Crippen LogP contribution in [0.25, 0.3) is 0 Å². The van der Waals surface area contributed by atoms with Crippen LogP contribution in [0.5, 0.6) is 0 Å². The van der Waals surface area contributed by atoms with Crippen molar-refractivity contribution < 1.29 is 0 Å². The fourth-order valence-corrected chi connectivity index (χ4v) is 5.48. The number of rotatable bonds is 2. The Kier molecular flexibility index (Phi) is 2.18. The Labute approximate surface area is 94.0 Å². The van der Waals surface area contributed by atoms with Crippen LogP contribution < -0.4 is 5.32 Å². The van der Waals surface area contributed by atoms with Crippen LogP contribution in [0.3, 0.4) is 0 Å². The first kappa shape index (κ1) is 10.1. The van der Waals surface area contributed by atoms with Crippen molar-refractivity contribution in [1.82, 2.24) is 5.32 Å². The Morgan fingerprint density at radius 1 is 1.13 bits per heavy atom. The zero-order chi connectivity index (χ0) is 10.6. The summed E-state index contributed by atoms with van der Waals surface area (Å²) in [5.74, 6) is 4.17. The van der Waals surface area contributed by atoms with Crippen LogP contribution in [0, 0.1) is 29.1 Å². The lowest BCUT2D eigenvalue weighted by atomic mass is 9.46. The van der Waals surface area contributed by atoms with E-state index in [9.17, 15) is 0 Å². The summed E-state index contributed by atoms with van der Waals surface area (Å²) < 4.78 is 0. The lowest BCUT2D eigenvalue weighted by Crippen LogP contribution is -2.54. The Morgan fingerprint density at radius 2 is 1.73 bits per heavy atom. The summed E-state index contributed by atoms with van der Waals surface area (Å²) in [4.78, 5) is 0. The topological polar surface area (TPSA) is 12.0 Å². The lowest BCUT2D eigenvalue weighted by Gasteiger charge is -2.60. The van der Waals surface area contributed by atoms with E-state index < -0.39 is 0 Å². The van der Waals surface area contributed by atoms with Gasteiger partial charge in [0, 0.05) is 6.04 Å². The van der Waals surface area contributed by atoms with Gasteiger partial charge in [-0.25, -0.2) is 0 Å². The highest BCUT2D eigenvalue weighted by Crippen LogP contribution is 2.62. The molecule has 3 unspecified atom stereocenters. The molecule has 1 nitrogen and oxygen atoms in total. The summed E-state index contributed by atoms with van der Waals surface area (Å²) in [6.07, 6.45) is 7.68. The second kappa shape index (κ2) is 3.23. The van der Waals surface area contributed by atoms with E-state index in [1.54, 1.807) is 19.3 Å². The van der Waals surface area contributed by atoms with Gasteiger partial charge in [0.1, 0.15) is 0 Å². The molecule has 86 valence electrons. The van der Waals surface area contributed by atoms with E-state index in [1.807, 2.05) is 0 Å². The minimum atomic E-state index is 0.737. The van der Waals surface area contributed by atoms with Gasteiger partial charge >= 0.3 is 0 Å². The van der Waals surface area contributed by atoms with E-state index >= 15 is 0 Å². The summed E-state index contributed by atoms with van der Waals surface area (Å²) in [5.41, 5.74) is 0.737. The van der Waals surface area contributed by atoms with Gasteiger partial charge in [-0.3, -0.25) is 0 Å². The first-order valence-electron chi connectivity index (χ1n) is 6.78. The predicted molar refractivity (Wildman–Crippen MR) is 63.7 cm³/mol. The first-order chi connectivity index (χ1) is 7.11. The van der Waals surface area contributed by atoms with Crippen LogP contribution in [0.2, 0.25) is 0 Å². The molecule has 4 rings (SSSR count). The van der Waals surface area contributed by atoms with Gasteiger partial charge in [0.15, 0.2) is 0 Å². The second-order valence-corrected chi connectivity index (χ2v) is 6.94. The van der Waals surface area contributed by atoms with Crippen molar-refractivity contribution in [2.45, 2.75) is 52.0 Å². The third-order valence-electron chi connectivity index (χ3n) is 5.68. The van der Waals surface area contributed by atoms with E-state index in [0.29, 0.717) is 0 Å². The summed E-state index contributed by atoms with van der Waals surface area (Å²) in [5, 5.41) is 3.51. The second-order valence-electron chi connectivity index (χ2n) is 6.94. The fraction of sp³-hybridized carbons (Fsp3) is 1.00. The molecule has 0 radical (unpaired) electrons. The molecular weight excluding hydrogens is 182 g/mol. The van der Waals surface area contributed by atoms with Crippen LogP contribution in [0.4, 0.5) is 0 Å². The first-order valence-corrected chi connectivity index (χ1v) is 6.78. The Hall–Kier alpha value is -0.0400. The fourth-order valence-electron chi connectivity index (χ4n) is 5.48. The Bertz CT molecular complexity index is 244. The predicted octanol–water partition coefficient (Wildman–Crippen LogP) is 3.06. The summed E-state index contributed by atoms with van der Waals surface area (Å²) >= 11 is 0. The largest absolute Gasteiger partial charge is 0.317 e. The SMILES string of the molecule is CNC(C)C1C2CC3CC1CC(C)(C3)C2. The molecule has 0 aliphatic heterocycles. The van der Waals surface area contributed by atoms with Gasteiger partial charge in [0.05, 0.1) is 0 Å². The van der Waals surface area contributed by atoms with Crippen LogP contribution >= 0.6 is 0 Å². The highest BCUT2D eigenvalue weighted by atomic mass is 14.9. The molecule has 0 spiro atoms. The Balaban J connectivity index is 1.85. The highest BCUT2D eigenvalue weighted by Gasteiger charge is 2.54. The molecule has 0 amide bonds. The molecule has 3 atom stereocenters. The average Bonchev–Trinajstić information content (AvgIpc) is 2.13. The number of hydrogen-bond donors (Lipinski definition) is 1. The van der Waals surface area contributed by atoms with E-state index in [1.165, 1.54) is 12.8 Å². The molecule has 1 N–H and O–H groups in total. The molecule has 0 aromatic heterocycles. The van der Waals surface area contributed by atoms with Crippen LogP contribution in [0.15, 0.2) is 0 Å². The molecule has 4 fully saturated rings. The zero-order valence-corrected chi connectivity index (χ0v) is 10.4. The third kappa shape index (κ3) is 1.46. The molecule has 0 saturated heterocycles. The van der Waals surface area contributed by atoms with Crippen molar-refractivity contribution in [2.75, 3.05) is 7.05 Å². The van der Waals surface area contributed by atoms with E-state index in [0.717, 1.165) is 35.1 Å². The van der Waals surface area contributed by atoms with Gasteiger partial charge in [0.25, 0.3) is 0 Å². The summed E-state index contributed by atoms with van der Waals surface area (Å²) in [6, 6.07) is 0.739. The van der Waals surface area contributed by atoms with E-state index in [4.69, 9.17) is 0 Å². The quantitative estimate of drug-likeness (QED) is 0.734. The molecule has 1 heteroatoms. The molecule has 4 bridgehead atoms. The lowest BCUT2D eigenvalue weighted by molar-refractivity contribution is -0.0946. The molecule has 0 heterocycles. The van der Waals surface area contributed by atoms with Crippen molar-refractivity contribution in [1.29, 1.82) is 0 Å². The molecule has 4 aliphatic rings. The standard InChI is InChI=1S/C14H25N/c1-9(15-3)13-11-4-10-5-12(13)8-14(2,6-10)7-11/h9-13,15H,4-8H2,1-3H3. The van der Waals surface area contributed by atoms with Gasteiger partial charge in [-0.1, -0.05) is 6.92 Å². The molecule has 15 heavy (non-hydrogen) atoms. The smallest absolute Gasteiger partial charge is 0.00693 e. The Morgan fingerprint density at radius 3 is 2.20 bits per heavy atom. The summed E-state index contributed by atoms with van der Waals surface area (Å²) in [7, 11) is 2.14. The zero-order valence-electron chi connectivity index (χ0n) is 10.4. The van der Waals surface area contributed by atoms with Crippen molar-refractivity contribution in [3.63, 3.8) is 0 Å². The normalized spacial score (nSPS) is 54.6. The van der Waals surface area contributed by atoms with Crippen molar-refractivity contribution in [2.24, 2.45) is 29.1 Å². The minimum absolute atomic E-state index is 0.737. The monoisotopic (exact) mass is 207 g/mol. The minimum Gasteiger partial charge on any atom is -0.317 e. The maximum absolute atomic E-state index is 3.51. The molecule has 0 aromatic rings. The summed E-state index contributed by atoms with van der Waals surface area (Å²) in [6.45, 7) is 4.95. The molecule has 4 aliphatic carbocycles. The van der Waals surface area contributed by atoms with Crippen LogP contribution in [-0.4, -0.2) is 13.1 Å². The van der Waals surface area contributed by atoms with Gasteiger partial charge in [-0.05, 0) is 75.2 Å². The van der Waals surface area contributed by atoms with Gasteiger partial charge in [-0.2, -0.15) is 0 Å². The third-order valence-corrected chi connectivity index (χ3v) is 5.68. The van der Waals surface area contributed by atoms with Crippen molar-refractivity contribution >= 4 is 0 Å². The van der Waals surface area contributed by atoms with Gasteiger partial charge < -0.3 is 5.32 Å². The van der Waals surface area contributed by atoms with Crippen LogP contribution in [0.1, 0.15) is 46.0 Å². The van der Waals surface area contributed by atoms with Crippen molar-refractivity contribution in [3.8, 4) is 0 Å². The van der Waals surface area contributed by atoms with Crippen molar-refractivity contribution in [3.05, 3.63) is 0 Å². The molecule has 0 aromatic carbocycles. The van der Waals surface area contributed by atoms with E-state index in [-0.39, 0.29) is 0 Å². The van der Waals surface area contributed by atoms with Crippen LogP contribution in [-0.2, 0) is 0 Å². The van der Waals surface area contributed by atoms with Gasteiger partial charge in [-0.15, -0.1) is 0 Å². The average molecular weight is 207 g/mol. The molecule has 4 saturated carbocycles. The number of hydrogen-bond acceptors (Lipinski definition) is 1. The van der Waals surface area contributed by atoms with Gasteiger partial charge in [0.2, 0.25) is 0 Å². The maximum atomic E-state index is 3.51. The highest BCUT2D eigenvalue weighted by molar-refractivity contribution is 5.04.